The summed E-state index contributed by atoms with van der Waals surface area (Å²) in [6.45, 7) is 9.60. The van der Waals surface area contributed by atoms with Crippen LogP contribution in [0.15, 0.2) is 10.6 Å². The number of hydrogen-bond acceptors (Lipinski definition) is 4. The van der Waals surface area contributed by atoms with Crippen LogP contribution in [0.3, 0.4) is 0 Å². The Bertz CT molecular complexity index is 362. The van der Waals surface area contributed by atoms with E-state index in [0.29, 0.717) is 12.1 Å². The van der Waals surface area contributed by atoms with Crippen LogP contribution in [-0.4, -0.2) is 35.1 Å². The molecule has 0 aromatic carbocycles. The summed E-state index contributed by atoms with van der Waals surface area (Å²) in [5.74, 6) is 1.84. The Balaban J connectivity index is 1.85. The molecular formula is C14H25N3O. The van der Waals surface area contributed by atoms with Crippen molar-refractivity contribution >= 4 is 0 Å². The SMILES string of the molecule is CCc1cnc(CN2CCCC(NC(C)C)C2)o1. The maximum atomic E-state index is 5.68. The molecule has 1 aliphatic rings. The molecule has 2 heterocycles. The number of rotatable bonds is 5. The molecule has 1 saturated heterocycles. The van der Waals surface area contributed by atoms with Crippen molar-refractivity contribution in [3.05, 3.63) is 17.8 Å². The predicted molar refractivity (Wildman–Crippen MR) is 72.5 cm³/mol. The van der Waals surface area contributed by atoms with Gasteiger partial charge >= 0.3 is 0 Å². The Kier molecular flexibility index (Phi) is 4.78. The Morgan fingerprint density at radius 1 is 1.56 bits per heavy atom. The second kappa shape index (κ2) is 6.34. The van der Waals surface area contributed by atoms with Crippen LogP contribution < -0.4 is 5.32 Å². The van der Waals surface area contributed by atoms with E-state index < -0.39 is 0 Å². The van der Waals surface area contributed by atoms with E-state index in [1.54, 1.807) is 0 Å². The lowest BCUT2D eigenvalue weighted by Crippen LogP contribution is -2.47. The van der Waals surface area contributed by atoms with Gasteiger partial charge in [-0.3, -0.25) is 4.90 Å². The fraction of sp³-hybridized carbons (Fsp3) is 0.786. The van der Waals surface area contributed by atoms with Gasteiger partial charge in [-0.15, -0.1) is 0 Å². The molecule has 4 nitrogen and oxygen atoms in total. The fourth-order valence-corrected chi connectivity index (χ4v) is 2.58. The van der Waals surface area contributed by atoms with E-state index in [1.165, 1.54) is 12.8 Å². The molecule has 0 aliphatic carbocycles. The van der Waals surface area contributed by atoms with Gasteiger partial charge in [0.15, 0.2) is 0 Å². The summed E-state index contributed by atoms with van der Waals surface area (Å²) < 4.78 is 5.68. The number of nitrogens with one attached hydrogen (secondary N) is 1. The quantitative estimate of drug-likeness (QED) is 0.871. The molecule has 0 amide bonds. The molecule has 1 aliphatic heterocycles. The second-order valence-corrected chi connectivity index (χ2v) is 5.47. The van der Waals surface area contributed by atoms with Gasteiger partial charge < -0.3 is 9.73 Å². The van der Waals surface area contributed by atoms with Gasteiger partial charge in [0.25, 0.3) is 0 Å². The van der Waals surface area contributed by atoms with E-state index in [1.807, 2.05) is 6.20 Å². The van der Waals surface area contributed by atoms with E-state index in [0.717, 1.165) is 37.7 Å². The van der Waals surface area contributed by atoms with Crippen LogP contribution in [0.1, 0.15) is 45.3 Å². The molecule has 102 valence electrons. The van der Waals surface area contributed by atoms with E-state index in [4.69, 9.17) is 4.42 Å². The summed E-state index contributed by atoms with van der Waals surface area (Å²) in [6, 6.07) is 1.17. The van der Waals surface area contributed by atoms with Crippen molar-refractivity contribution in [1.82, 2.24) is 15.2 Å². The zero-order valence-electron chi connectivity index (χ0n) is 11.8. The van der Waals surface area contributed by atoms with Crippen LogP contribution in [0.4, 0.5) is 0 Å². The third kappa shape index (κ3) is 3.82. The van der Waals surface area contributed by atoms with Crippen molar-refractivity contribution < 1.29 is 4.42 Å². The fourth-order valence-electron chi connectivity index (χ4n) is 2.58. The van der Waals surface area contributed by atoms with Crippen LogP contribution in [0, 0.1) is 0 Å². The first kappa shape index (κ1) is 13.6. The number of aromatic nitrogens is 1. The van der Waals surface area contributed by atoms with Crippen molar-refractivity contribution in [2.75, 3.05) is 13.1 Å². The normalized spacial score (nSPS) is 21.7. The Labute approximate surface area is 110 Å². The molecule has 1 N–H and O–H groups in total. The standard InChI is InChI=1S/C14H25N3O/c1-4-13-8-15-14(18-13)10-17-7-5-6-12(9-17)16-11(2)3/h8,11-12,16H,4-7,9-10H2,1-3H3. The van der Waals surface area contributed by atoms with Crippen LogP contribution in [-0.2, 0) is 13.0 Å². The van der Waals surface area contributed by atoms with Gasteiger partial charge in [0.1, 0.15) is 5.76 Å². The van der Waals surface area contributed by atoms with Gasteiger partial charge in [-0.25, -0.2) is 4.98 Å². The van der Waals surface area contributed by atoms with Gasteiger partial charge in [-0.05, 0) is 19.4 Å². The maximum Gasteiger partial charge on any atom is 0.208 e. The highest BCUT2D eigenvalue weighted by molar-refractivity contribution is 4.94. The highest BCUT2D eigenvalue weighted by Crippen LogP contribution is 2.14. The van der Waals surface area contributed by atoms with E-state index >= 15 is 0 Å². The van der Waals surface area contributed by atoms with Gasteiger partial charge in [-0.2, -0.15) is 0 Å². The van der Waals surface area contributed by atoms with Crippen molar-refractivity contribution in [3.63, 3.8) is 0 Å². The van der Waals surface area contributed by atoms with E-state index in [-0.39, 0.29) is 0 Å². The average Bonchev–Trinajstić information content (AvgIpc) is 2.76. The molecule has 1 aromatic heterocycles. The van der Waals surface area contributed by atoms with E-state index in [9.17, 15) is 0 Å². The summed E-state index contributed by atoms with van der Waals surface area (Å²) in [4.78, 5) is 6.78. The molecular weight excluding hydrogens is 226 g/mol. The molecule has 1 unspecified atom stereocenters. The predicted octanol–water partition coefficient (Wildman–Crippen LogP) is 2.20. The molecule has 1 aromatic rings. The van der Waals surface area contributed by atoms with Crippen molar-refractivity contribution in [2.24, 2.45) is 0 Å². The summed E-state index contributed by atoms with van der Waals surface area (Å²) in [5.41, 5.74) is 0. The topological polar surface area (TPSA) is 41.3 Å². The zero-order chi connectivity index (χ0) is 13.0. The number of nitrogens with zero attached hydrogens (tertiary/aromatic N) is 2. The number of likely N-dealkylation sites (tertiary alicyclic amines) is 1. The number of aryl methyl sites for hydroxylation is 1. The minimum atomic E-state index is 0.559. The van der Waals surface area contributed by atoms with Crippen molar-refractivity contribution in [2.45, 2.75) is 58.7 Å². The first-order valence-electron chi connectivity index (χ1n) is 7.09. The smallest absolute Gasteiger partial charge is 0.208 e. The minimum Gasteiger partial charge on any atom is -0.444 e. The lowest BCUT2D eigenvalue weighted by atomic mass is 10.1. The monoisotopic (exact) mass is 251 g/mol. The Morgan fingerprint density at radius 2 is 2.39 bits per heavy atom. The Hall–Kier alpha value is -0.870. The average molecular weight is 251 g/mol. The zero-order valence-corrected chi connectivity index (χ0v) is 11.8. The number of oxazole rings is 1. The minimum absolute atomic E-state index is 0.559. The molecule has 0 saturated carbocycles. The third-order valence-electron chi connectivity index (χ3n) is 3.38. The highest BCUT2D eigenvalue weighted by atomic mass is 16.4. The number of hydrogen-bond donors (Lipinski definition) is 1. The molecule has 4 heteroatoms. The van der Waals surface area contributed by atoms with Gasteiger partial charge in [0, 0.05) is 25.0 Å². The summed E-state index contributed by atoms with van der Waals surface area (Å²) >= 11 is 0. The van der Waals surface area contributed by atoms with Gasteiger partial charge in [-0.1, -0.05) is 20.8 Å². The summed E-state index contributed by atoms with van der Waals surface area (Å²) in [7, 11) is 0. The largest absolute Gasteiger partial charge is 0.444 e. The lowest BCUT2D eigenvalue weighted by molar-refractivity contribution is 0.164. The maximum absolute atomic E-state index is 5.68. The first-order chi connectivity index (χ1) is 8.67. The summed E-state index contributed by atoms with van der Waals surface area (Å²) in [6.07, 6.45) is 5.31. The molecule has 0 radical (unpaired) electrons. The van der Waals surface area contributed by atoms with Gasteiger partial charge in [0.05, 0.1) is 12.7 Å². The molecule has 18 heavy (non-hydrogen) atoms. The van der Waals surface area contributed by atoms with Crippen LogP contribution >= 0.6 is 0 Å². The third-order valence-corrected chi connectivity index (χ3v) is 3.38. The van der Waals surface area contributed by atoms with Crippen LogP contribution in [0.5, 0.6) is 0 Å². The highest BCUT2D eigenvalue weighted by Gasteiger charge is 2.21. The van der Waals surface area contributed by atoms with Crippen LogP contribution in [0.25, 0.3) is 0 Å². The molecule has 0 spiro atoms. The van der Waals surface area contributed by atoms with E-state index in [2.05, 4.69) is 36.0 Å². The molecule has 1 atom stereocenters. The Morgan fingerprint density at radius 3 is 3.06 bits per heavy atom. The number of piperidine rings is 1. The molecule has 2 rings (SSSR count). The second-order valence-electron chi connectivity index (χ2n) is 5.47. The van der Waals surface area contributed by atoms with Crippen molar-refractivity contribution in [3.8, 4) is 0 Å². The molecule has 1 fully saturated rings. The van der Waals surface area contributed by atoms with Crippen molar-refractivity contribution in [1.29, 1.82) is 0 Å². The molecule has 0 bridgehead atoms. The summed E-state index contributed by atoms with van der Waals surface area (Å²) in [5, 5.41) is 3.62. The first-order valence-corrected chi connectivity index (χ1v) is 7.09. The van der Waals surface area contributed by atoms with Crippen LogP contribution in [0.2, 0.25) is 0 Å². The lowest BCUT2D eigenvalue weighted by Gasteiger charge is -2.33. The van der Waals surface area contributed by atoms with Gasteiger partial charge in [0.2, 0.25) is 5.89 Å².